The summed E-state index contributed by atoms with van der Waals surface area (Å²) in [6.07, 6.45) is 2.74. The highest BCUT2D eigenvalue weighted by molar-refractivity contribution is 6.42. The fraction of sp³-hybridized carbons (Fsp3) is 0.111. The zero-order chi connectivity index (χ0) is 19.4. The normalized spacial score (nSPS) is 12.3. The van der Waals surface area contributed by atoms with Crippen molar-refractivity contribution >= 4 is 58.4 Å². The molecule has 0 unspecified atom stereocenters. The monoisotopic (exact) mass is 427 g/mol. The van der Waals surface area contributed by atoms with Crippen molar-refractivity contribution in [3.8, 4) is 11.5 Å². The number of carbonyl (C=O) groups is 2. The van der Waals surface area contributed by atoms with Gasteiger partial charge in [-0.1, -0.05) is 40.9 Å². The van der Waals surface area contributed by atoms with Gasteiger partial charge in [-0.3, -0.25) is 4.79 Å². The van der Waals surface area contributed by atoms with Crippen molar-refractivity contribution in [3.63, 3.8) is 0 Å². The van der Waals surface area contributed by atoms with Gasteiger partial charge in [0.1, 0.15) is 0 Å². The first-order chi connectivity index (χ1) is 12.9. The lowest BCUT2D eigenvalue weighted by molar-refractivity contribution is -0.142. The number of esters is 1. The highest BCUT2D eigenvalue weighted by atomic mass is 35.5. The minimum Gasteiger partial charge on any atom is -0.454 e. The van der Waals surface area contributed by atoms with E-state index >= 15 is 0 Å². The molecule has 1 heterocycles. The van der Waals surface area contributed by atoms with E-state index in [9.17, 15) is 9.59 Å². The zero-order valence-electron chi connectivity index (χ0n) is 13.6. The lowest BCUT2D eigenvalue weighted by Gasteiger charge is -2.09. The van der Waals surface area contributed by atoms with Crippen molar-refractivity contribution in [2.45, 2.75) is 0 Å². The summed E-state index contributed by atoms with van der Waals surface area (Å²) in [6.45, 7) is -0.332. The summed E-state index contributed by atoms with van der Waals surface area (Å²) >= 11 is 17.8. The van der Waals surface area contributed by atoms with Gasteiger partial charge in [-0.2, -0.15) is 0 Å². The van der Waals surface area contributed by atoms with E-state index in [-0.39, 0.29) is 22.5 Å². The number of halogens is 3. The van der Waals surface area contributed by atoms with Crippen molar-refractivity contribution in [1.29, 1.82) is 0 Å². The molecule has 140 valence electrons. The topological polar surface area (TPSA) is 73.9 Å². The predicted molar refractivity (Wildman–Crippen MR) is 103 cm³/mol. The molecule has 27 heavy (non-hydrogen) atoms. The Labute approximate surface area is 169 Å². The second-order valence-electron chi connectivity index (χ2n) is 5.35. The Morgan fingerprint density at radius 2 is 1.78 bits per heavy atom. The minimum atomic E-state index is -0.684. The van der Waals surface area contributed by atoms with E-state index in [1.807, 2.05) is 0 Å². The molecule has 1 N–H and O–H groups in total. The second kappa shape index (κ2) is 8.52. The first kappa shape index (κ1) is 19.4. The number of hydrogen-bond donors (Lipinski definition) is 1. The molecule has 0 bridgehead atoms. The van der Waals surface area contributed by atoms with E-state index in [1.165, 1.54) is 24.3 Å². The zero-order valence-corrected chi connectivity index (χ0v) is 15.9. The average Bonchev–Trinajstić information content (AvgIpc) is 3.09. The molecule has 2 aromatic carbocycles. The molecule has 0 atom stereocenters. The van der Waals surface area contributed by atoms with E-state index in [4.69, 9.17) is 49.0 Å². The average molecular weight is 429 g/mol. The van der Waals surface area contributed by atoms with Crippen LogP contribution in [0.1, 0.15) is 5.56 Å². The quantitative estimate of drug-likeness (QED) is 0.558. The smallest absolute Gasteiger partial charge is 0.331 e. The SMILES string of the molecule is O=C(COC(=O)C=Cc1ccc2c(c1)OCO2)Nc1c(Cl)cc(Cl)cc1Cl. The fourth-order valence-electron chi connectivity index (χ4n) is 2.20. The number of fused-ring (bicyclic) bond motifs is 1. The first-order valence-corrected chi connectivity index (χ1v) is 8.74. The standard InChI is InChI=1S/C18H12Cl3NO5/c19-11-6-12(20)18(13(21)7-11)22-16(23)8-25-17(24)4-2-10-1-3-14-15(5-10)27-9-26-14/h1-7H,8-9H2,(H,22,23). The van der Waals surface area contributed by atoms with Crippen molar-refractivity contribution in [3.05, 3.63) is 57.0 Å². The van der Waals surface area contributed by atoms with E-state index in [1.54, 1.807) is 18.2 Å². The molecule has 0 saturated heterocycles. The van der Waals surface area contributed by atoms with Crippen LogP contribution in [0.2, 0.25) is 15.1 Å². The molecular weight excluding hydrogens is 417 g/mol. The molecule has 2 aromatic rings. The van der Waals surface area contributed by atoms with Crippen LogP contribution in [0.3, 0.4) is 0 Å². The summed E-state index contributed by atoms with van der Waals surface area (Å²) < 4.78 is 15.3. The molecule has 1 aliphatic heterocycles. The van der Waals surface area contributed by atoms with Crippen LogP contribution in [0.25, 0.3) is 6.08 Å². The number of rotatable bonds is 5. The number of ether oxygens (including phenoxy) is 3. The maximum atomic E-state index is 11.9. The Morgan fingerprint density at radius 1 is 1.07 bits per heavy atom. The largest absolute Gasteiger partial charge is 0.454 e. The summed E-state index contributed by atoms with van der Waals surface area (Å²) in [6, 6.07) is 8.09. The molecule has 9 heteroatoms. The minimum absolute atomic E-state index is 0.168. The number of carbonyl (C=O) groups excluding carboxylic acids is 2. The maximum Gasteiger partial charge on any atom is 0.331 e. The lowest BCUT2D eigenvalue weighted by atomic mass is 10.2. The lowest BCUT2D eigenvalue weighted by Crippen LogP contribution is -2.20. The van der Waals surface area contributed by atoms with Gasteiger partial charge < -0.3 is 19.5 Å². The van der Waals surface area contributed by atoms with Gasteiger partial charge in [-0.05, 0) is 35.9 Å². The third-order valence-corrected chi connectivity index (χ3v) is 4.24. The van der Waals surface area contributed by atoms with Crippen LogP contribution >= 0.6 is 34.8 Å². The van der Waals surface area contributed by atoms with Gasteiger partial charge in [0.2, 0.25) is 6.79 Å². The fourth-order valence-corrected chi connectivity index (χ4v) is 3.11. The molecule has 3 rings (SSSR count). The molecule has 0 radical (unpaired) electrons. The molecule has 6 nitrogen and oxygen atoms in total. The van der Waals surface area contributed by atoms with Crippen LogP contribution in [-0.2, 0) is 14.3 Å². The highest BCUT2D eigenvalue weighted by Gasteiger charge is 2.14. The Bertz CT molecular complexity index is 906. The van der Waals surface area contributed by atoms with Crippen LogP contribution in [0, 0.1) is 0 Å². The van der Waals surface area contributed by atoms with Crippen LogP contribution in [0.15, 0.2) is 36.4 Å². The molecule has 0 saturated carbocycles. The Morgan fingerprint density at radius 3 is 2.52 bits per heavy atom. The Hall–Kier alpha value is -2.41. The van der Waals surface area contributed by atoms with Gasteiger partial charge in [-0.15, -0.1) is 0 Å². The van der Waals surface area contributed by atoms with Gasteiger partial charge >= 0.3 is 5.97 Å². The number of amides is 1. The second-order valence-corrected chi connectivity index (χ2v) is 6.60. The summed E-state index contributed by atoms with van der Waals surface area (Å²) in [7, 11) is 0. The Kier molecular flexibility index (Phi) is 6.11. The van der Waals surface area contributed by atoms with Crippen LogP contribution < -0.4 is 14.8 Å². The number of benzene rings is 2. The van der Waals surface area contributed by atoms with E-state index in [2.05, 4.69) is 5.32 Å². The van der Waals surface area contributed by atoms with E-state index in [0.717, 1.165) is 5.56 Å². The maximum absolute atomic E-state index is 11.9. The van der Waals surface area contributed by atoms with E-state index < -0.39 is 18.5 Å². The number of nitrogens with one attached hydrogen (secondary N) is 1. The third-order valence-electron chi connectivity index (χ3n) is 3.43. The van der Waals surface area contributed by atoms with Gasteiger partial charge in [0, 0.05) is 11.1 Å². The highest BCUT2D eigenvalue weighted by Crippen LogP contribution is 2.34. The molecule has 1 amide bonds. The van der Waals surface area contributed by atoms with Crippen molar-refractivity contribution < 1.29 is 23.8 Å². The molecule has 0 fully saturated rings. The van der Waals surface area contributed by atoms with Crippen molar-refractivity contribution in [2.24, 2.45) is 0 Å². The van der Waals surface area contributed by atoms with Crippen LogP contribution in [-0.4, -0.2) is 25.3 Å². The third kappa shape index (κ3) is 5.07. The number of anilines is 1. The van der Waals surface area contributed by atoms with Crippen molar-refractivity contribution in [2.75, 3.05) is 18.7 Å². The predicted octanol–water partition coefficient (Wildman–Crippen LogP) is 4.57. The van der Waals surface area contributed by atoms with Gasteiger partial charge in [0.05, 0.1) is 15.7 Å². The summed E-state index contributed by atoms with van der Waals surface area (Å²) in [5.74, 6) is -0.0328. The van der Waals surface area contributed by atoms with Crippen LogP contribution in [0.5, 0.6) is 11.5 Å². The number of hydrogen-bond acceptors (Lipinski definition) is 5. The molecule has 0 aromatic heterocycles. The molecule has 0 aliphatic carbocycles. The summed E-state index contributed by atoms with van der Waals surface area (Å²) in [5, 5.41) is 3.16. The summed E-state index contributed by atoms with van der Waals surface area (Å²) in [4.78, 5) is 23.7. The van der Waals surface area contributed by atoms with Gasteiger partial charge in [0.25, 0.3) is 5.91 Å². The first-order valence-electron chi connectivity index (χ1n) is 7.61. The molecule has 0 spiro atoms. The van der Waals surface area contributed by atoms with Crippen molar-refractivity contribution in [1.82, 2.24) is 0 Å². The molecule has 1 aliphatic rings. The van der Waals surface area contributed by atoms with Gasteiger partial charge in [0.15, 0.2) is 18.1 Å². The molecular formula is C18H12Cl3NO5. The Balaban J connectivity index is 1.52. The summed E-state index contributed by atoms with van der Waals surface area (Å²) in [5.41, 5.74) is 0.917. The van der Waals surface area contributed by atoms with Crippen LogP contribution in [0.4, 0.5) is 5.69 Å². The van der Waals surface area contributed by atoms with E-state index in [0.29, 0.717) is 16.5 Å². The van der Waals surface area contributed by atoms with Gasteiger partial charge in [-0.25, -0.2) is 4.79 Å².